The van der Waals surface area contributed by atoms with Gasteiger partial charge >= 0.3 is 6.09 Å². The maximum Gasteiger partial charge on any atom is 0.404 e. The summed E-state index contributed by atoms with van der Waals surface area (Å²) in [6, 6.07) is 5.04. The van der Waals surface area contributed by atoms with Crippen molar-refractivity contribution in [3.05, 3.63) is 34.4 Å². The minimum Gasteiger partial charge on any atom is -0.465 e. The van der Waals surface area contributed by atoms with E-state index in [2.05, 4.69) is 10.0 Å². The molecule has 140 valence electrons. The van der Waals surface area contributed by atoms with Gasteiger partial charge in [-0.15, -0.1) is 0 Å². The highest BCUT2D eigenvalue weighted by molar-refractivity contribution is 7.89. The van der Waals surface area contributed by atoms with Crippen molar-refractivity contribution in [2.45, 2.75) is 4.90 Å². The highest BCUT2D eigenvalue weighted by atomic mass is 32.2. The number of nitrogens with zero attached hydrogens (tertiary/aromatic N) is 1. The van der Waals surface area contributed by atoms with E-state index in [-0.39, 0.29) is 39.5 Å². The van der Waals surface area contributed by atoms with Crippen LogP contribution in [0, 0.1) is 10.1 Å². The lowest BCUT2D eigenvalue weighted by Crippen LogP contribution is -2.28. The highest BCUT2D eigenvalue weighted by Crippen LogP contribution is 2.22. The fourth-order valence-electron chi connectivity index (χ4n) is 1.71. The zero-order chi connectivity index (χ0) is 18.7. The first-order valence-corrected chi connectivity index (χ1v) is 8.68. The second-order valence-corrected chi connectivity index (χ2v) is 6.31. The van der Waals surface area contributed by atoms with E-state index in [0.717, 1.165) is 12.1 Å². The Bertz CT molecular complexity index is 680. The molecule has 0 fully saturated rings. The normalized spacial score (nSPS) is 11.2. The fourth-order valence-corrected chi connectivity index (χ4v) is 2.90. The molecule has 1 aromatic rings. The first kappa shape index (κ1) is 20.8. The number of ether oxygens (including phenoxy) is 2. The van der Waals surface area contributed by atoms with Gasteiger partial charge in [0, 0.05) is 19.2 Å². The summed E-state index contributed by atoms with van der Waals surface area (Å²) in [5, 5.41) is 21.3. The van der Waals surface area contributed by atoms with Gasteiger partial charge in [-0.3, -0.25) is 10.1 Å². The molecule has 0 heterocycles. The molecular formula is C13H19N3O8S. The van der Waals surface area contributed by atoms with Gasteiger partial charge in [-0.2, -0.15) is 0 Å². The van der Waals surface area contributed by atoms with Gasteiger partial charge in [0.2, 0.25) is 10.0 Å². The first-order valence-electron chi connectivity index (χ1n) is 7.20. The van der Waals surface area contributed by atoms with Crippen LogP contribution < -0.4 is 10.0 Å². The Balaban J connectivity index is 2.25. The Morgan fingerprint density at radius 1 is 1.12 bits per heavy atom. The first-order chi connectivity index (χ1) is 11.8. The van der Waals surface area contributed by atoms with Gasteiger partial charge in [-0.1, -0.05) is 12.1 Å². The Morgan fingerprint density at radius 2 is 1.72 bits per heavy atom. The predicted molar refractivity (Wildman–Crippen MR) is 86.0 cm³/mol. The smallest absolute Gasteiger partial charge is 0.404 e. The molecule has 1 rings (SSSR count). The topological polar surface area (TPSA) is 157 Å². The number of nitrogens with one attached hydrogen (secondary N) is 2. The number of nitro groups is 1. The zero-order valence-corrected chi connectivity index (χ0v) is 14.0. The van der Waals surface area contributed by atoms with Crippen LogP contribution in [0.15, 0.2) is 29.2 Å². The van der Waals surface area contributed by atoms with Crippen molar-refractivity contribution in [3.8, 4) is 0 Å². The molecule has 11 nitrogen and oxygen atoms in total. The molecule has 3 N–H and O–H groups in total. The average molecular weight is 377 g/mol. The van der Waals surface area contributed by atoms with Crippen molar-refractivity contribution in [2.24, 2.45) is 0 Å². The van der Waals surface area contributed by atoms with Crippen LogP contribution in [0.2, 0.25) is 0 Å². The van der Waals surface area contributed by atoms with E-state index < -0.39 is 31.6 Å². The van der Waals surface area contributed by atoms with E-state index in [1.54, 1.807) is 0 Å². The molecule has 0 aliphatic heterocycles. The molecule has 12 heteroatoms. The minimum absolute atomic E-state index is 0.0522. The number of nitro benzene ring substituents is 1. The van der Waals surface area contributed by atoms with Crippen LogP contribution >= 0.6 is 0 Å². The number of benzene rings is 1. The lowest BCUT2D eigenvalue weighted by molar-refractivity contribution is -0.387. The number of hydrogen-bond acceptors (Lipinski definition) is 7. The average Bonchev–Trinajstić information content (AvgIpc) is 2.56. The summed E-state index contributed by atoms with van der Waals surface area (Å²) in [7, 11) is -4.02. The van der Waals surface area contributed by atoms with Gasteiger partial charge < -0.3 is 19.9 Å². The molecule has 25 heavy (non-hydrogen) atoms. The molecule has 0 unspecified atom stereocenters. The fraction of sp³-hybridized carbons (Fsp3) is 0.462. The van der Waals surface area contributed by atoms with Crippen molar-refractivity contribution in [2.75, 3.05) is 39.5 Å². The number of carbonyl (C=O) groups is 1. The van der Waals surface area contributed by atoms with Gasteiger partial charge in [-0.25, -0.2) is 17.9 Å². The quantitative estimate of drug-likeness (QED) is 0.264. The molecule has 0 saturated carbocycles. The number of rotatable bonds is 12. The van der Waals surface area contributed by atoms with Gasteiger partial charge in [-0.05, 0) is 6.07 Å². The molecule has 0 atom stereocenters. The third-order valence-corrected chi connectivity index (χ3v) is 4.29. The number of carboxylic acid groups (broad SMARTS) is 1. The monoisotopic (exact) mass is 377 g/mol. The summed E-state index contributed by atoms with van der Waals surface area (Å²) >= 11 is 0. The van der Waals surface area contributed by atoms with Crippen LogP contribution in [0.4, 0.5) is 10.5 Å². The van der Waals surface area contributed by atoms with Gasteiger partial charge in [0.1, 0.15) is 0 Å². The number of hydrogen-bond donors (Lipinski definition) is 3. The van der Waals surface area contributed by atoms with Crippen LogP contribution in [0.25, 0.3) is 0 Å². The van der Waals surface area contributed by atoms with Crippen molar-refractivity contribution >= 4 is 21.8 Å². The molecule has 0 aliphatic rings. The zero-order valence-electron chi connectivity index (χ0n) is 13.2. The van der Waals surface area contributed by atoms with E-state index in [1.807, 2.05) is 0 Å². The standard InChI is InChI=1S/C13H19N3O8S/c17-13(18)14-5-7-23-9-10-24-8-6-15-25(21,22)12-4-2-1-3-11(12)16(19)20/h1-4,14-15H,5-10H2,(H,17,18). The second kappa shape index (κ2) is 10.6. The summed E-state index contributed by atoms with van der Waals surface area (Å²) < 4.78 is 36.6. The lowest BCUT2D eigenvalue weighted by Gasteiger charge is -2.08. The number of amides is 1. The maximum atomic E-state index is 12.1. The molecule has 1 aromatic carbocycles. The van der Waals surface area contributed by atoms with Crippen molar-refractivity contribution in [1.29, 1.82) is 0 Å². The predicted octanol–water partition coefficient (Wildman–Crippen LogP) is 0.174. The van der Waals surface area contributed by atoms with Crippen molar-refractivity contribution in [1.82, 2.24) is 10.0 Å². The summed E-state index contributed by atoms with van der Waals surface area (Å²) in [4.78, 5) is 19.9. The van der Waals surface area contributed by atoms with Crippen LogP contribution in [0.3, 0.4) is 0 Å². The molecule has 0 bridgehead atoms. The molecule has 0 spiro atoms. The molecule has 0 aliphatic carbocycles. The highest BCUT2D eigenvalue weighted by Gasteiger charge is 2.24. The van der Waals surface area contributed by atoms with Crippen molar-refractivity contribution in [3.63, 3.8) is 0 Å². The summed E-state index contributed by atoms with van der Waals surface area (Å²) in [6.07, 6.45) is -1.13. The molecular weight excluding hydrogens is 358 g/mol. The number of para-hydroxylation sites is 1. The molecule has 0 radical (unpaired) electrons. The van der Waals surface area contributed by atoms with Crippen LogP contribution in [0.1, 0.15) is 0 Å². The molecule has 0 saturated heterocycles. The van der Waals surface area contributed by atoms with E-state index in [0.29, 0.717) is 0 Å². The second-order valence-electron chi connectivity index (χ2n) is 4.58. The van der Waals surface area contributed by atoms with E-state index in [9.17, 15) is 23.3 Å². The Morgan fingerprint density at radius 3 is 2.32 bits per heavy atom. The van der Waals surface area contributed by atoms with E-state index >= 15 is 0 Å². The summed E-state index contributed by atoms with van der Waals surface area (Å²) in [5.41, 5.74) is -0.501. The lowest BCUT2D eigenvalue weighted by atomic mass is 10.3. The van der Waals surface area contributed by atoms with E-state index in [1.165, 1.54) is 12.1 Å². The van der Waals surface area contributed by atoms with Gasteiger partial charge in [0.25, 0.3) is 5.69 Å². The summed E-state index contributed by atoms with van der Waals surface area (Å²) in [6.45, 7) is 0.759. The third-order valence-electron chi connectivity index (χ3n) is 2.78. The summed E-state index contributed by atoms with van der Waals surface area (Å²) in [5.74, 6) is 0. The molecule has 0 aromatic heterocycles. The Labute approximate surface area is 144 Å². The Kier molecular flexibility index (Phi) is 8.77. The largest absolute Gasteiger partial charge is 0.465 e. The van der Waals surface area contributed by atoms with E-state index in [4.69, 9.17) is 14.6 Å². The molecule has 1 amide bonds. The maximum absolute atomic E-state index is 12.1. The SMILES string of the molecule is O=C(O)NCCOCCOCCNS(=O)(=O)c1ccccc1[N+](=O)[O-]. The minimum atomic E-state index is -4.02. The number of sulfonamides is 1. The van der Waals surface area contributed by atoms with Crippen LogP contribution in [0.5, 0.6) is 0 Å². The van der Waals surface area contributed by atoms with Crippen LogP contribution in [-0.4, -0.2) is 64.1 Å². The van der Waals surface area contributed by atoms with Gasteiger partial charge in [0.15, 0.2) is 4.90 Å². The van der Waals surface area contributed by atoms with Crippen LogP contribution in [-0.2, 0) is 19.5 Å². The Hall–Kier alpha value is -2.28. The van der Waals surface area contributed by atoms with Crippen molar-refractivity contribution < 1.29 is 32.7 Å². The third kappa shape index (κ3) is 7.89. The van der Waals surface area contributed by atoms with Gasteiger partial charge in [0.05, 0.1) is 31.4 Å².